The van der Waals surface area contributed by atoms with Crippen LogP contribution in [0.15, 0.2) is 41.2 Å². The molecule has 3 heterocycles. The summed E-state index contributed by atoms with van der Waals surface area (Å²) >= 11 is 0. The average molecular weight is 410 g/mol. The van der Waals surface area contributed by atoms with Gasteiger partial charge in [0.05, 0.1) is 0 Å². The lowest BCUT2D eigenvalue weighted by Gasteiger charge is -2.37. The normalized spacial score (nSPS) is 24.3. The van der Waals surface area contributed by atoms with E-state index in [1.54, 1.807) is 18.2 Å². The van der Waals surface area contributed by atoms with Gasteiger partial charge in [-0.25, -0.2) is 4.39 Å². The number of pyridine rings is 1. The molecule has 1 aromatic heterocycles. The van der Waals surface area contributed by atoms with Crippen molar-refractivity contribution in [2.24, 2.45) is 5.92 Å². The van der Waals surface area contributed by atoms with E-state index < -0.39 is 0 Å². The van der Waals surface area contributed by atoms with Crippen LogP contribution in [0.1, 0.15) is 59.6 Å². The first-order valence-corrected chi connectivity index (χ1v) is 11.0. The zero-order chi connectivity index (χ0) is 20.7. The van der Waals surface area contributed by atoms with Gasteiger partial charge >= 0.3 is 0 Å². The maximum Gasteiger partial charge on any atom is 0.263 e. The van der Waals surface area contributed by atoms with E-state index in [1.165, 1.54) is 6.07 Å². The number of piperidine rings is 1. The molecule has 1 amide bonds. The summed E-state index contributed by atoms with van der Waals surface area (Å²) in [7, 11) is 0. The number of fused-ring (bicyclic) bond motifs is 4. The van der Waals surface area contributed by atoms with Crippen LogP contribution in [0, 0.1) is 11.7 Å². The van der Waals surface area contributed by atoms with Gasteiger partial charge in [0.15, 0.2) is 0 Å². The SMILES string of the molecule is O=C(NCC1(c2cccc(F)c2)CCCC1)c1ccc2n(c1=O)C[C@@H]1CNC[C@H]2C1. The molecule has 0 spiro atoms. The lowest BCUT2D eigenvalue weighted by Crippen LogP contribution is -2.47. The molecule has 2 aliphatic heterocycles. The van der Waals surface area contributed by atoms with Crippen LogP contribution < -0.4 is 16.2 Å². The van der Waals surface area contributed by atoms with Crippen molar-refractivity contribution >= 4 is 5.91 Å². The Labute approximate surface area is 175 Å². The fraction of sp³-hybridized carbons (Fsp3) is 0.500. The highest BCUT2D eigenvalue weighted by molar-refractivity contribution is 5.93. The number of aromatic nitrogens is 1. The third-order valence-corrected chi connectivity index (χ3v) is 7.34. The van der Waals surface area contributed by atoms with E-state index in [0.717, 1.165) is 56.5 Å². The molecule has 3 aliphatic rings. The van der Waals surface area contributed by atoms with E-state index in [2.05, 4.69) is 10.6 Å². The lowest BCUT2D eigenvalue weighted by atomic mass is 9.78. The molecule has 6 heteroatoms. The van der Waals surface area contributed by atoms with Crippen molar-refractivity contribution < 1.29 is 9.18 Å². The fourth-order valence-corrected chi connectivity index (χ4v) is 5.75. The van der Waals surface area contributed by atoms with E-state index in [1.807, 2.05) is 16.7 Å². The molecule has 5 rings (SSSR count). The van der Waals surface area contributed by atoms with Gasteiger partial charge in [-0.1, -0.05) is 25.0 Å². The Bertz CT molecular complexity index is 1030. The van der Waals surface area contributed by atoms with Crippen molar-refractivity contribution in [3.05, 3.63) is 69.4 Å². The third-order valence-electron chi connectivity index (χ3n) is 7.34. The molecule has 2 bridgehead atoms. The second-order valence-electron chi connectivity index (χ2n) is 9.22. The van der Waals surface area contributed by atoms with Gasteiger partial charge < -0.3 is 15.2 Å². The summed E-state index contributed by atoms with van der Waals surface area (Å²) in [6.45, 7) is 2.91. The standard InChI is InChI=1S/C24H28FN3O2/c25-19-5-3-4-18(11-19)24(8-1-2-9-24)15-27-22(29)20-6-7-21-17-10-16(12-26-13-17)14-28(21)23(20)30/h3-7,11,16-17,26H,1-2,8-10,12-15H2,(H,27,29)/t16-,17+/m0/s1. The number of nitrogens with one attached hydrogen (secondary N) is 2. The van der Waals surface area contributed by atoms with E-state index in [9.17, 15) is 14.0 Å². The fourth-order valence-electron chi connectivity index (χ4n) is 5.75. The van der Waals surface area contributed by atoms with Gasteiger partial charge in [-0.3, -0.25) is 9.59 Å². The number of benzene rings is 1. The number of amides is 1. The van der Waals surface area contributed by atoms with Gasteiger partial charge in [0.25, 0.3) is 11.5 Å². The number of halogens is 1. The molecular formula is C24H28FN3O2. The Balaban J connectivity index is 1.38. The van der Waals surface area contributed by atoms with Crippen LogP contribution in [0.4, 0.5) is 4.39 Å². The summed E-state index contributed by atoms with van der Waals surface area (Å²) in [4.78, 5) is 26.1. The molecule has 158 valence electrons. The molecule has 5 nitrogen and oxygen atoms in total. The lowest BCUT2D eigenvalue weighted by molar-refractivity contribution is 0.0940. The molecule has 1 aliphatic carbocycles. The quantitative estimate of drug-likeness (QED) is 0.816. The Morgan fingerprint density at radius 1 is 1.20 bits per heavy atom. The molecule has 1 saturated heterocycles. The van der Waals surface area contributed by atoms with E-state index >= 15 is 0 Å². The predicted molar refractivity (Wildman–Crippen MR) is 113 cm³/mol. The van der Waals surface area contributed by atoms with Crippen LogP contribution in [-0.4, -0.2) is 30.1 Å². The topological polar surface area (TPSA) is 63.1 Å². The summed E-state index contributed by atoms with van der Waals surface area (Å²) in [5.74, 6) is 0.212. The van der Waals surface area contributed by atoms with Gasteiger partial charge in [-0.15, -0.1) is 0 Å². The van der Waals surface area contributed by atoms with Gasteiger partial charge in [0.2, 0.25) is 0 Å². The highest BCUT2D eigenvalue weighted by Crippen LogP contribution is 2.41. The summed E-state index contributed by atoms with van der Waals surface area (Å²) in [6, 6.07) is 10.3. The van der Waals surface area contributed by atoms with Crippen molar-refractivity contribution in [2.45, 2.75) is 50.0 Å². The number of rotatable bonds is 4. The zero-order valence-electron chi connectivity index (χ0n) is 17.1. The zero-order valence-corrected chi connectivity index (χ0v) is 17.1. The summed E-state index contributed by atoms with van der Waals surface area (Å²) in [5, 5.41) is 6.45. The second-order valence-corrected chi connectivity index (χ2v) is 9.22. The first-order valence-electron chi connectivity index (χ1n) is 11.0. The van der Waals surface area contributed by atoms with Crippen LogP contribution >= 0.6 is 0 Å². The van der Waals surface area contributed by atoms with Gasteiger partial charge in [-0.2, -0.15) is 0 Å². The number of hydrogen-bond donors (Lipinski definition) is 2. The van der Waals surface area contributed by atoms with Crippen molar-refractivity contribution in [3.8, 4) is 0 Å². The molecule has 2 N–H and O–H groups in total. The van der Waals surface area contributed by atoms with Crippen molar-refractivity contribution in [1.29, 1.82) is 0 Å². The molecule has 2 aromatic rings. The Morgan fingerprint density at radius 2 is 2.03 bits per heavy atom. The van der Waals surface area contributed by atoms with Crippen LogP contribution in [0.3, 0.4) is 0 Å². The average Bonchev–Trinajstić information content (AvgIpc) is 3.23. The number of carbonyl (C=O) groups excluding carboxylic acids is 1. The van der Waals surface area contributed by atoms with Crippen LogP contribution in [0.2, 0.25) is 0 Å². The Kier molecular flexibility index (Phi) is 4.97. The van der Waals surface area contributed by atoms with Crippen LogP contribution in [0.25, 0.3) is 0 Å². The minimum absolute atomic E-state index is 0.187. The van der Waals surface area contributed by atoms with Crippen LogP contribution in [0.5, 0.6) is 0 Å². The van der Waals surface area contributed by atoms with Crippen molar-refractivity contribution in [1.82, 2.24) is 15.2 Å². The van der Waals surface area contributed by atoms with Gasteiger partial charge in [0, 0.05) is 36.7 Å². The highest BCUT2D eigenvalue weighted by Gasteiger charge is 2.37. The largest absolute Gasteiger partial charge is 0.351 e. The first-order chi connectivity index (χ1) is 14.6. The summed E-state index contributed by atoms with van der Waals surface area (Å²) in [5.41, 5.74) is 1.73. The summed E-state index contributed by atoms with van der Waals surface area (Å²) in [6.07, 6.45) is 5.05. The first kappa shape index (κ1) is 19.5. The minimum atomic E-state index is -0.327. The van der Waals surface area contributed by atoms with Crippen molar-refractivity contribution in [3.63, 3.8) is 0 Å². The number of carbonyl (C=O) groups is 1. The Morgan fingerprint density at radius 3 is 2.83 bits per heavy atom. The molecule has 2 fully saturated rings. The smallest absolute Gasteiger partial charge is 0.263 e. The van der Waals surface area contributed by atoms with E-state index in [0.29, 0.717) is 24.9 Å². The molecule has 1 aromatic carbocycles. The third kappa shape index (κ3) is 3.37. The maximum atomic E-state index is 13.8. The molecule has 2 atom stereocenters. The Hall–Kier alpha value is -2.47. The molecule has 30 heavy (non-hydrogen) atoms. The minimum Gasteiger partial charge on any atom is -0.351 e. The summed E-state index contributed by atoms with van der Waals surface area (Å²) < 4.78 is 15.6. The van der Waals surface area contributed by atoms with E-state index in [-0.39, 0.29) is 28.3 Å². The molecule has 0 radical (unpaired) electrons. The molecule has 1 saturated carbocycles. The van der Waals surface area contributed by atoms with Crippen LogP contribution in [-0.2, 0) is 12.0 Å². The molecular weight excluding hydrogens is 381 g/mol. The van der Waals surface area contributed by atoms with Gasteiger partial charge in [-0.05, 0) is 61.6 Å². The van der Waals surface area contributed by atoms with Gasteiger partial charge in [0.1, 0.15) is 11.4 Å². The number of nitrogens with zero attached hydrogens (tertiary/aromatic N) is 1. The van der Waals surface area contributed by atoms with E-state index in [4.69, 9.17) is 0 Å². The predicted octanol–water partition coefficient (Wildman–Crippen LogP) is 2.94. The molecule has 0 unspecified atom stereocenters. The maximum absolute atomic E-state index is 13.8. The van der Waals surface area contributed by atoms with Crippen molar-refractivity contribution in [2.75, 3.05) is 19.6 Å². The second kappa shape index (κ2) is 7.65. The monoisotopic (exact) mass is 409 g/mol. The highest BCUT2D eigenvalue weighted by atomic mass is 19.1. The number of hydrogen-bond acceptors (Lipinski definition) is 3.